The lowest BCUT2D eigenvalue weighted by atomic mass is 10.2. The molecule has 18 heavy (non-hydrogen) atoms. The molecule has 4 heteroatoms. The van der Waals surface area contributed by atoms with Crippen LogP contribution in [0.25, 0.3) is 0 Å². The number of unbranched alkanes of at least 4 members (excludes halogenated alkanes) is 2. The highest BCUT2D eigenvalue weighted by atomic mass is 16.6. The molecule has 1 aliphatic heterocycles. The fraction of sp³-hybridized carbons (Fsp3) is 0.500. The van der Waals surface area contributed by atoms with Crippen molar-refractivity contribution in [1.29, 1.82) is 0 Å². The van der Waals surface area contributed by atoms with Crippen molar-refractivity contribution < 1.29 is 14.3 Å². The fourth-order valence-electron chi connectivity index (χ4n) is 1.86. The summed E-state index contributed by atoms with van der Waals surface area (Å²) in [5.41, 5.74) is 0.924. The molecule has 98 valence electrons. The second-order valence-corrected chi connectivity index (χ2v) is 4.36. The molecule has 0 radical (unpaired) electrons. The van der Waals surface area contributed by atoms with Crippen LogP contribution in [0.2, 0.25) is 0 Å². The molecule has 4 nitrogen and oxygen atoms in total. The number of hydrogen-bond acceptors (Lipinski definition) is 4. The molecule has 0 aliphatic carbocycles. The van der Waals surface area contributed by atoms with Crippen LogP contribution >= 0.6 is 0 Å². The van der Waals surface area contributed by atoms with Crippen LogP contribution in [0.1, 0.15) is 26.2 Å². The Morgan fingerprint density at radius 1 is 1.44 bits per heavy atom. The van der Waals surface area contributed by atoms with Gasteiger partial charge in [0.15, 0.2) is 0 Å². The maximum Gasteiger partial charge on any atom is 0.349 e. The monoisotopic (exact) mass is 249 g/mol. The Balaban J connectivity index is 1.83. The summed E-state index contributed by atoms with van der Waals surface area (Å²) in [6, 6.07) is 7.59. The van der Waals surface area contributed by atoms with Gasteiger partial charge in [0.1, 0.15) is 5.75 Å². The van der Waals surface area contributed by atoms with E-state index in [1.165, 1.54) is 0 Å². The first-order valence-electron chi connectivity index (χ1n) is 6.47. The number of ether oxygens (including phenoxy) is 2. The molecule has 1 unspecified atom stereocenters. The van der Waals surface area contributed by atoms with Crippen LogP contribution in [-0.4, -0.2) is 25.2 Å². The van der Waals surface area contributed by atoms with E-state index in [9.17, 15) is 4.79 Å². The van der Waals surface area contributed by atoms with Crippen molar-refractivity contribution in [2.45, 2.75) is 32.3 Å². The second kappa shape index (κ2) is 6.28. The molecule has 1 aliphatic rings. The Bertz CT molecular complexity index is 406. The van der Waals surface area contributed by atoms with Crippen molar-refractivity contribution in [2.75, 3.05) is 18.5 Å². The highest BCUT2D eigenvalue weighted by Crippen LogP contribution is 2.28. The molecule has 0 fully saturated rings. The van der Waals surface area contributed by atoms with E-state index < -0.39 is 6.10 Å². The summed E-state index contributed by atoms with van der Waals surface area (Å²) < 4.78 is 10.8. The van der Waals surface area contributed by atoms with Gasteiger partial charge >= 0.3 is 5.97 Å². The quantitative estimate of drug-likeness (QED) is 0.643. The first-order chi connectivity index (χ1) is 8.81. The van der Waals surface area contributed by atoms with Crippen molar-refractivity contribution in [3.63, 3.8) is 0 Å². The molecule has 0 bridgehead atoms. The smallest absolute Gasteiger partial charge is 0.349 e. The Kier molecular flexibility index (Phi) is 4.45. The number of rotatable bonds is 5. The number of para-hydroxylation sites is 2. The minimum Gasteiger partial charge on any atom is -0.475 e. The van der Waals surface area contributed by atoms with Crippen molar-refractivity contribution in [1.82, 2.24) is 0 Å². The number of benzene rings is 1. The molecule has 0 spiro atoms. The van der Waals surface area contributed by atoms with Crippen LogP contribution in [0.3, 0.4) is 0 Å². The minimum absolute atomic E-state index is 0.284. The molecule has 1 heterocycles. The molecule has 0 saturated carbocycles. The summed E-state index contributed by atoms with van der Waals surface area (Å²) in [7, 11) is 0. The number of fused-ring (bicyclic) bond motifs is 1. The summed E-state index contributed by atoms with van der Waals surface area (Å²) in [6.07, 6.45) is 2.58. The van der Waals surface area contributed by atoms with Gasteiger partial charge in [0, 0.05) is 0 Å². The average molecular weight is 249 g/mol. The zero-order valence-corrected chi connectivity index (χ0v) is 10.6. The lowest BCUT2D eigenvalue weighted by molar-refractivity contribution is -0.151. The third-order valence-electron chi connectivity index (χ3n) is 2.89. The van der Waals surface area contributed by atoms with Crippen LogP contribution in [0, 0.1) is 0 Å². The molecular formula is C14H19NO3. The summed E-state index contributed by atoms with van der Waals surface area (Å²) in [5.74, 6) is 0.423. The Labute approximate surface area is 107 Å². The summed E-state index contributed by atoms with van der Waals surface area (Å²) >= 11 is 0. The summed E-state index contributed by atoms with van der Waals surface area (Å²) in [5, 5.41) is 3.17. The SMILES string of the molecule is CCCCCOC(=O)C1CNc2ccccc2O1. The Morgan fingerprint density at radius 2 is 2.28 bits per heavy atom. The van der Waals surface area contributed by atoms with E-state index in [4.69, 9.17) is 9.47 Å². The Hall–Kier alpha value is -1.71. The minimum atomic E-state index is -0.540. The number of carbonyl (C=O) groups excluding carboxylic acids is 1. The predicted molar refractivity (Wildman–Crippen MR) is 69.8 cm³/mol. The van der Waals surface area contributed by atoms with E-state index in [-0.39, 0.29) is 5.97 Å². The van der Waals surface area contributed by atoms with Gasteiger partial charge in [-0.2, -0.15) is 0 Å². The van der Waals surface area contributed by atoms with Crippen molar-refractivity contribution >= 4 is 11.7 Å². The summed E-state index contributed by atoms with van der Waals surface area (Å²) in [4.78, 5) is 11.8. The first-order valence-corrected chi connectivity index (χ1v) is 6.47. The zero-order chi connectivity index (χ0) is 12.8. The summed E-state index contributed by atoms with van der Waals surface area (Å²) in [6.45, 7) is 3.06. The average Bonchev–Trinajstić information content (AvgIpc) is 2.43. The molecule has 0 aromatic heterocycles. The molecule has 1 aromatic rings. The van der Waals surface area contributed by atoms with E-state index >= 15 is 0 Å². The zero-order valence-electron chi connectivity index (χ0n) is 10.6. The van der Waals surface area contributed by atoms with E-state index in [0.29, 0.717) is 18.9 Å². The van der Waals surface area contributed by atoms with Crippen LogP contribution in [-0.2, 0) is 9.53 Å². The number of hydrogen-bond donors (Lipinski definition) is 1. The van der Waals surface area contributed by atoms with E-state index in [2.05, 4.69) is 12.2 Å². The topological polar surface area (TPSA) is 47.6 Å². The Morgan fingerprint density at radius 3 is 3.11 bits per heavy atom. The molecule has 0 saturated heterocycles. The maximum atomic E-state index is 11.8. The van der Waals surface area contributed by atoms with Gasteiger partial charge in [-0.15, -0.1) is 0 Å². The van der Waals surface area contributed by atoms with Crippen LogP contribution in [0.5, 0.6) is 5.75 Å². The van der Waals surface area contributed by atoms with Gasteiger partial charge in [-0.25, -0.2) is 4.79 Å². The third kappa shape index (κ3) is 3.15. The van der Waals surface area contributed by atoms with Crippen molar-refractivity contribution in [3.05, 3.63) is 24.3 Å². The first kappa shape index (κ1) is 12.7. The lowest BCUT2D eigenvalue weighted by Crippen LogP contribution is -2.39. The fourth-order valence-corrected chi connectivity index (χ4v) is 1.86. The molecule has 1 N–H and O–H groups in total. The van der Waals surface area contributed by atoms with Gasteiger partial charge in [-0.05, 0) is 18.6 Å². The van der Waals surface area contributed by atoms with E-state index in [0.717, 1.165) is 24.9 Å². The second-order valence-electron chi connectivity index (χ2n) is 4.36. The van der Waals surface area contributed by atoms with Gasteiger partial charge in [-0.1, -0.05) is 31.9 Å². The lowest BCUT2D eigenvalue weighted by Gasteiger charge is -2.25. The van der Waals surface area contributed by atoms with Gasteiger partial charge in [-0.3, -0.25) is 0 Å². The van der Waals surface area contributed by atoms with Crippen LogP contribution in [0.15, 0.2) is 24.3 Å². The van der Waals surface area contributed by atoms with E-state index in [1.54, 1.807) is 0 Å². The largest absolute Gasteiger partial charge is 0.475 e. The van der Waals surface area contributed by atoms with Gasteiger partial charge in [0.05, 0.1) is 18.8 Å². The standard InChI is InChI=1S/C14H19NO3/c1-2-3-6-9-17-14(16)13-10-15-11-7-4-5-8-12(11)18-13/h4-5,7-8,13,15H,2-3,6,9-10H2,1H3. The highest BCUT2D eigenvalue weighted by molar-refractivity contribution is 5.77. The third-order valence-corrected chi connectivity index (χ3v) is 2.89. The van der Waals surface area contributed by atoms with Crippen molar-refractivity contribution in [2.24, 2.45) is 0 Å². The number of nitrogens with one attached hydrogen (secondary N) is 1. The molecule has 2 rings (SSSR count). The van der Waals surface area contributed by atoms with Crippen LogP contribution < -0.4 is 10.1 Å². The van der Waals surface area contributed by atoms with Gasteiger partial charge in [0.25, 0.3) is 0 Å². The van der Waals surface area contributed by atoms with Crippen molar-refractivity contribution in [3.8, 4) is 5.75 Å². The normalized spacial score (nSPS) is 17.3. The molecule has 1 atom stereocenters. The number of anilines is 1. The molecular weight excluding hydrogens is 230 g/mol. The highest BCUT2D eigenvalue weighted by Gasteiger charge is 2.26. The maximum absolute atomic E-state index is 11.8. The van der Waals surface area contributed by atoms with E-state index in [1.807, 2.05) is 24.3 Å². The molecule has 0 amide bonds. The van der Waals surface area contributed by atoms with Gasteiger partial charge < -0.3 is 14.8 Å². The number of carbonyl (C=O) groups is 1. The number of esters is 1. The van der Waals surface area contributed by atoms with Gasteiger partial charge in [0.2, 0.25) is 6.10 Å². The van der Waals surface area contributed by atoms with Crippen LogP contribution in [0.4, 0.5) is 5.69 Å². The predicted octanol–water partition coefficient (Wildman–Crippen LogP) is 2.59. The molecule has 1 aromatic carbocycles.